The molecule has 1 aliphatic rings. The molecule has 0 aliphatic carbocycles. The Morgan fingerprint density at radius 2 is 1.96 bits per heavy atom. The third-order valence-electron chi connectivity index (χ3n) is 4.12. The zero-order valence-electron chi connectivity index (χ0n) is 13.0. The van der Waals surface area contributed by atoms with E-state index in [0.29, 0.717) is 0 Å². The molecule has 1 aromatic carbocycles. The van der Waals surface area contributed by atoms with Gasteiger partial charge in [-0.3, -0.25) is 0 Å². The van der Waals surface area contributed by atoms with Gasteiger partial charge in [-0.05, 0) is 53.9 Å². The second-order valence-electron chi connectivity index (χ2n) is 5.56. The summed E-state index contributed by atoms with van der Waals surface area (Å²) in [5, 5.41) is 4.65. The van der Waals surface area contributed by atoms with Gasteiger partial charge >= 0.3 is 5.65 Å². The lowest BCUT2D eigenvalue weighted by Crippen LogP contribution is -2.37. The van der Waals surface area contributed by atoms with Gasteiger partial charge < -0.3 is 5.32 Å². The minimum Gasteiger partial charge on any atom is -0.355 e. The Bertz CT molecular complexity index is 939. The van der Waals surface area contributed by atoms with E-state index in [1.165, 1.54) is 5.56 Å². The van der Waals surface area contributed by atoms with Crippen molar-refractivity contribution in [2.45, 2.75) is 13.5 Å². The summed E-state index contributed by atoms with van der Waals surface area (Å²) in [6, 6.07) is 16.7. The van der Waals surface area contributed by atoms with Crippen LogP contribution in [0.5, 0.6) is 0 Å². The van der Waals surface area contributed by atoms with Crippen molar-refractivity contribution in [1.29, 1.82) is 0 Å². The number of nitrogens with one attached hydrogen (secondary N) is 1. The summed E-state index contributed by atoms with van der Waals surface area (Å²) in [4.78, 5) is 4.54. The number of hydrogen-bond donors (Lipinski definition) is 1. The van der Waals surface area contributed by atoms with Crippen molar-refractivity contribution in [3.8, 4) is 0 Å². The van der Waals surface area contributed by atoms with Crippen molar-refractivity contribution in [2.75, 3.05) is 5.32 Å². The Hall–Kier alpha value is -2.94. The molecule has 3 aromatic rings. The molecule has 2 aromatic heterocycles. The molecule has 3 nitrogen and oxygen atoms in total. The number of fused-ring (bicyclic) bond motifs is 2. The monoisotopic (exact) mass is 300 g/mol. The molecule has 0 bridgehead atoms. The van der Waals surface area contributed by atoms with E-state index >= 15 is 0 Å². The maximum absolute atomic E-state index is 4.54. The number of aryl methyl sites for hydroxylation is 1. The van der Waals surface area contributed by atoms with Crippen molar-refractivity contribution < 1.29 is 4.57 Å². The molecule has 0 amide bonds. The fraction of sp³-hybridized carbons (Fsp3) is 0.100. The first kappa shape index (κ1) is 13.7. The van der Waals surface area contributed by atoms with Gasteiger partial charge in [-0.25, -0.2) is 4.57 Å². The van der Waals surface area contributed by atoms with Gasteiger partial charge in [-0.15, -0.1) is 0 Å². The minimum absolute atomic E-state index is 0.883. The molecule has 0 saturated heterocycles. The van der Waals surface area contributed by atoms with Gasteiger partial charge in [0.2, 0.25) is 0 Å². The number of anilines is 1. The van der Waals surface area contributed by atoms with E-state index in [1.807, 2.05) is 12.3 Å². The van der Waals surface area contributed by atoms with E-state index in [1.54, 1.807) is 0 Å². The van der Waals surface area contributed by atoms with Gasteiger partial charge in [0.25, 0.3) is 0 Å². The van der Waals surface area contributed by atoms with Gasteiger partial charge in [0.15, 0.2) is 0 Å². The molecule has 0 unspecified atom stereocenters. The van der Waals surface area contributed by atoms with Crippen LogP contribution < -0.4 is 9.88 Å². The highest BCUT2D eigenvalue weighted by Crippen LogP contribution is 2.24. The topological polar surface area (TPSA) is 28.8 Å². The summed E-state index contributed by atoms with van der Waals surface area (Å²) < 4.78 is 2.23. The zero-order chi connectivity index (χ0) is 15.6. The van der Waals surface area contributed by atoms with Crippen LogP contribution in [-0.2, 0) is 6.54 Å². The number of pyridine rings is 2. The Morgan fingerprint density at radius 3 is 2.87 bits per heavy atom. The first-order chi connectivity index (χ1) is 11.3. The number of nitrogens with zero attached hydrogens (tertiary/aromatic N) is 2. The van der Waals surface area contributed by atoms with Crippen LogP contribution in [0.1, 0.15) is 18.2 Å². The first-order valence-electron chi connectivity index (χ1n) is 7.88. The third kappa shape index (κ3) is 2.50. The van der Waals surface area contributed by atoms with Crippen molar-refractivity contribution in [1.82, 2.24) is 4.98 Å². The summed E-state index contributed by atoms with van der Waals surface area (Å²) in [5.74, 6) is 0. The number of rotatable bonds is 2. The van der Waals surface area contributed by atoms with Gasteiger partial charge in [-0.2, -0.15) is 0 Å². The molecule has 0 fully saturated rings. The molecule has 23 heavy (non-hydrogen) atoms. The van der Waals surface area contributed by atoms with E-state index in [0.717, 1.165) is 34.7 Å². The van der Waals surface area contributed by atoms with Crippen LogP contribution in [0.25, 0.3) is 23.2 Å². The van der Waals surface area contributed by atoms with Crippen molar-refractivity contribution in [3.63, 3.8) is 0 Å². The lowest BCUT2D eigenvalue weighted by molar-refractivity contribution is -0.671. The second kappa shape index (κ2) is 5.69. The number of hydrogen-bond acceptors (Lipinski definition) is 2. The van der Waals surface area contributed by atoms with Gasteiger partial charge in [0.1, 0.15) is 11.9 Å². The zero-order valence-corrected chi connectivity index (χ0v) is 13.0. The van der Waals surface area contributed by atoms with E-state index in [4.69, 9.17) is 0 Å². The number of benzene rings is 1. The predicted octanol–water partition coefficient (Wildman–Crippen LogP) is 4.02. The summed E-state index contributed by atoms with van der Waals surface area (Å²) in [5.41, 5.74) is 5.60. The van der Waals surface area contributed by atoms with E-state index in [2.05, 4.69) is 82.5 Å². The Labute approximate surface area is 135 Å². The summed E-state index contributed by atoms with van der Waals surface area (Å²) >= 11 is 0. The Morgan fingerprint density at radius 1 is 1.04 bits per heavy atom. The average molecular weight is 300 g/mol. The third-order valence-corrected chi connectivity index (χ3v) is 4.12. The molecule has 3 heteroatoms. The predicted molar refractivity (Wildman–Crippen MR) is 94.7 cm³/mol. The number of aromatic nitrogens is 2. The second-order valence-corrected chi connectivity index (χ2v) is 5.56. The summed E-state index contributed by atoms with van der Waals surface area (Å²) in [6.07, 6.45) is 8.28. The van der Waals surface area contributed by atoms with Crippen molar-refractivity contribution in [2.24, 2.45) is 0 Å². The van der Waals surface area contributed by atoms with Crippen LogP contribution >= 0.6 is 0 Å². The molecule has 112 valence electrons. The smallest absolute Gasteiger partial charge is 0.330 e. The average Bonchev–Trinajstić information content (AvgIpc) is 2.61. The fourth-order valence-corrected chi connectivity index (χ4v) is 2.99. The number of para-hydroxylation sites is 1. The maximum Gasteiger partial charge on any atom is 0.330 e. The molecule has 0 atom stereocenters. The van der Waals surface area contributed by atoms with Crippen LogP contribution in [0.3, 0.4) is 0 Å². The molecule has 1 aliphatic heterocycles. The van der Waals surface area contributed by atoms with E-state index in [-0.39, 0.29) is 0 Å². The van der Waals surface area contributed by atoms with Crippen LogP contribution in [0, 0.1) is 0 Å². The van der Waals surface area contributed by atoms with Crippen LogP contribution in [-0.4, -0.2) is 4.98 Å². The highest BCUT2D eigenvalue weighted by atomic mass is 15.0. The summed E-state index contributed by atoms with van der Waals surface area (Å²) in [6.45, 7) is 3.03. The molecule has 0 saturated carbocycles. The lowest BCUT2D eigenvalue weighted by Gasteiger charge is -2.15. The fourth-order valence-electron chi connectivity index (χ4n) is 2.99. The largest absolute Gasteiger partial charge is 0.355 e. The molecular weight excluding hydrogens is 282 g/mol. The van der Waals surface area contributed by atoms with Crippen LogP contribution in [0.2, 0.25) is 0 Å². The van der Waals surface area contributed by atoms with Gasteiger partial charge in [0.05, 0.1) is 11.9 Å². The molecular formula is C20H18N3+. The van der Waals surface area contributed by atoms with Crippen LogP contribution in [0.4, 0.5) is 5.69 Å². The first-order valence-corrected chi connectivity index (χ1v) is 7.88. The molecule has 1 N–H and O–H groups in total. The minimum atomic E-state index is 0.883. The van der Waals surface area contributed by atoms with Crippen LogP contribution in [0.15, 0.2) is 66.5 Å². The lowest BCUT2D eigenvalue weighted by atomic mass is 10.1. The van der Waals surface area contributed by atoms with E-state index in [9.17, 15) is 0 Å². The molecule has 0 radical (unpaired) electrons. The van der Waals surface area contributed by atoms with Crippen molar-refractivity contribution in [3.05, 3.63) is 77.8 Å². The highest BCUT2D eigenvalue weighted by molar-refractivity contribution is 5.78. The Kier molecular flexibility index (Phi) is 3.39. The van der Waals surface area contributed by atoms with E-state index < -0.39 is 0 Å². The molecule has 0 spiro atoms. The Balaban J connectivity index is 1.79. The maximum atomic E-state index is 4.54. The quantitative estimate of drug-likeness (QED) is 0.724. The number of allylic oxidation sites excluding steroid dienone is 1. The van der Waals surface area contributed by atoms with Gasteiger partial charge in [0, 0.05) is 17.5 Å². The van der Waals surface area contributed by atoms with Crippen molar-refractivity contribution >= 4 is 28.9 Å². The molecule has 4 rings (SSSR count). The normalized spacial score (nSPS) is 14.7. The standard InChI is InChI=1S/C20H17N3/c1-2-23-18(12-10-16-7-5-13-21-20(16)23)14-17-11-9-15-6-3-4-8-19(15)22-17/h3-14H,2H2,1H3/p+1. The molecule has 3 heterocycles. The van der Waals surface area contributed by atoms with Gasteiger partial charge in [-0.1, -0.05) is 24.3 Å². The SMILES string of the molecule is CC[n+]1c(C=C2C=Cc3ccccc3N2)ccc2cccnc21. The summed E-state index contributed by atoms with van der Waals surface area (Å²) in [7, 11) is 0. The highest BCUT2D eigenvalue weighted by Gasteiger charge is 2.13.